The highest BCUT2D eigenvalue weighted by molar-refractivity contribution is 5.93. The van der Waals surface area contributed by atoms with Gasteiger partial charge in [0, 0.05) is 18.3 Å². The first-order valence-electron chi connectivity index (χ1n) is 8.90. The molecule has 3 rings (SSSR count). The fourth-order valence-electron chi connectivity index (χ4n) is 3.04. The van der Waals surface area contributed by atoms with Crippen molar-refractivity contribution in [3.8, 4) is 17.2 Å². The number of aromatic nitrogens is 2. The number of rotatable bonds is 7. The summed E-state index contributed by atoms with van der Waals surface area (Å²) in [5.74, 6) is 1.15. The van der Waals surface area contributed by atoms with Crippen molar-refractivity contribution in [3.05, 3.63) is 70.4 Å². The molecule has 0 saturated heterocycles. The lowest BCUT2D eigenvalue weighted by Gasteiger charge is -2.13. The highest BCUT2D eigenvalue weighted by Crippen LogP contribution is 2.28. The lowest BCUT2D eigenvalue weighted by molar-refractivity contribution is -0.116. The number of aryl methyl sites for hydroxylation is 2. The number of ether oxygens (including phenoxy) is 2. The number of imidazole rings is 1. The number of amides is 1. The molecule has 0 aliphatic rings. The van der Waals surface area contributed by atoms with Crippen LogP contribution in [0.3, 0.4) is 0 Å². The number of methoxy groups -OCH3 is 2. The molecular formula is C21H23N3O4. The van der Waals surface area contributed by atoms with Gasteiger partial charge in [0.2, 0.25) is 5.91 Å². The molecule has 1 amide bonds. The molecule has 28 heavy (non-hydrogen) atoms. The molecule has 3 aromatic rings. The molecule has 2 aromatic carbocycles. The monoisotopic (exact) mass is 381 g/mol. The zero-order valence-electron chi connectivity index (χ0n) is 16.1. The van der Waals surface area contributed by atoms with Gasteiger partial charge >= 0.3 is 5.69 Å². The van der Waals surface area contributed by atoms with E-state index in [1.54, 1.807) is 32.5 Å². The summed E-state index contributed by atoms with van der Waals surface area (Å²) in [7, 11) is 3.16. The van der Waals surface area contributed by atoms with E-state index in [-0.39, 0.29) is 11.6 Å². The van der Waals surface area contributed by atoms with E-state index < -0.39 is 0 Å². The topological polar surface area (TPSA) is 85.4 Å². The highest BCUT2D eigenvalue weighted by Gasteiger charge is 2.12. The van der Waals surface area contributed by atoms with Crippen molar-refractivity contribution in [2.45, 2.75) is 19.8 Å². The Morgan fingerprint density at radius 1 is 1.11 bits per heavy atom. The van der Waals surface area contributed by atoms with Crippen LogP contribution in [0.1, 0.15) is 17.7 Å². The van der Waals surface area contributed by atoms with E-state index >= 15 is 0 Å². The maximum Gasteiger partial charge on any atom is 0.330 e. The maximum atomic E-state index is 12.5. The zero-order chi connectivity index (χ0) is 20.1. The number of hydrogen-bond acceptors (Lipinski definition) is 4. The Labute approximate surface area is 162 Å². The summed E-state index contributed by atoms with van der Waals surface area (Å²) in [4.78, 5) is 27.2. The van der Waals surface area contributed by atoms with Crippen LogP contribution in [0.2, 0.25) is 0 Å². The van der Waals surface area contributed by atoms with Crippen LogP contribution in [0, 0.1) is 6.92 Å². The van der Waals surface area contributed by atoms with Gasteiger partial charge < -0.3 is 19.8 Å². The average Bonchev–Trinajstić information content (AvgIpc) is 3.04. The van der Waals surface area contributed by atoms with Crippen LogP contribution in [-0.2, 0) is 11.2 Å². The summed E-state index contributed by atoms with van der Waals surface area (Å²) in [6.45, 7) is 1.83. The first-order valence-corrected chi connectivity index (χ1v) is 8.90. The number of para-hydroxylation sites is 2. The number of H-pyrrole nitrogens is 1. The number of carbonyl (C=O) groups is 1. The summed E-state index contributed by atoms with van der Waals surface area (Å²) in [6.07, 6.45) is 2.49. The Balaban J connectivity index is 1.72. The fraction of sp³-hybridized carbons (Fsp3) is 0.238. The second-order valence-electron chi connectivity index (χ2n) is 6.33. The number of anilines is 1. The quantitative estimate of drug-likeness (QED) is 0.659. The third-order valence-corrected chi connectivity index (χ3v) is 4.47. The van der Waals surface area contributed by atoms with Gasteiger partial charge in [0.1, 0.15) is 0 Å². The van der Waals surface area contributed by atoms with Crippen molar-refractivity contribution in [1.82, 2.24) is 9.55 Å². The minimum Gasteiger partial charge on any atom is -0.493 e. The molecule has 0 fully saturated rings. The van der Waals surface area contributed by atoms with Crippen molar-refractivity contribution >= 4 is 11.6 Å². The Morgan fingerprint density at radius 2 is 1.86 bits per heavy atom. The molecule has 2 N–H and O–H groups in total. The Kier molecular flexibility index (Phi) is 5.84. The second kappa shape index (κ2) is 8.47. The number of hydrogen-bond donors (Lipinski definition) is 2. The van der Waals surface area contributed by atoms with Crippen LogP contribution in [0.15, 0.2) is 53.5 Å². The molecule has 0 bridgehead atoms. The van der Waals surface area contributed by atoms with Crippen LogP contribution in [0.5, 0.6) is 11.5 Å². The molecule has 146 valence electrons. The Hall–Kier alpha value is -3.48. The van der Waals surface area contributed by atoms with E-state index in [0.29, 0.717) is 35.7 Å². The molecule has 0 radical (unpaired) electrons. The van der Waals surface area contributed by atoms with Gasteiger partial charge in [-0.3, -0.25) is 9.36 Å². The van der Waals surface area contributed by atoms with Gasteiger partial charge in [-0.25, -0.2) is 4.79 Å². The first kappa shape index (κ1) is 19.3. The summed E-state index contributed by atoms with van der Waals surface area (Å²) >= 11 is 0. The standard InChI is InChI=1S/C21H23N3O4/c1-14-13-22-21(26)24(14)17-7-5-4-6-16(17)23-20(25)11-9-15-8-10-18(27-2)19(12-15)28-3/h4-8,10,12-13H,9,11H2,1-3H3,(H,22,26)(H,23,25). The van der Waals surface area contributed by atoms with E-state index in [0.717, 1.165) is 11.3 Å². The van der Waals surface area contributed by atoms with Gasteiger partial charge in [-0.15, -0.1) is 0 Å². The number of carbonyl (C=O) groups excluding carboxylic acids is 1. The minimum absolute atomic E-state index is 0.136. The number of aromatic amines is 1. The van der Waals surface area contributed by atoms with Gasteiger partial charge in [-0.05, 0) is 43.2 Å². The Bertz CT molecular complexity index is 1040. The minimum atomic E-state index is -0.246. The number of nitrogens with one attached hydrogen (secondary N) is 2. The molecule has 0 spiro atoms. The third kappa shape index (κ3) is 4.09. The normalized spacial score (nSPS) is 10.5. The number of nitrogens with zero attached hydrogens (tertiary/aromatic N) is 1. The summed E-state index contributed by atoms with van der Waals surface area (Å²) in [5, 5.41) is 2.91. The third-order valence-electron chi connectivity index (χ3n) is 4.47. The van der Waals surface area contributed by atoms with E-state index in [1.165, 1.54) is 4.57 Å². The van der Waals surface area contributed by atoms with Crippen LogP contribution in [-0.4, -0.2) is 29.7 Å². The van der Waals surface area contributed by atoms with E-state index in [4.69, 9.17) is 9.47 Å². The van der Waals surface area contributed by atoms with Gasteiger partial charge in [0.15, 0.2) is 11.5 Å². The maximum absolute atomic E-state index is 12.5. The molecule has 1 aromatic heterocycles. The average molecular weight is 381 g/mol. The van der Waals surface area contributed by atoms with Gasteiger partial charge in [0.05, 0.1) is 25.6 Å². The molecule has 0 atom stereocenters. The molecule has 0 aliphatic heterocycles. The molecule has 0 aliphatic carbocycles. The highest BCUT2D eigenvalue weighted by atomic mass is 16.5. The molecule has 7 nitrogen and oxygen atoms in total. The SMILES string of the molecule is COc1ccc(CCC(=O)Nc2ccccc2-n2c(C)c[nH]c2=O)cc1OC. The van der Waals surface area contributed by atoms with Gasteiger partial charge in [0.25, 0.3) is 0 Å². The molecule has 7 heteroatoms. The van der Waals surface area contributed by atoms with Crippen LogP contribution in [0.25, 0.3) is 5.69 Å². The summed E-state index contributed by atoms with van der Waals surface area (Å²) in [6, 6.07) is 12.8. The van der Waals surface area contributed by atoms with Crippen LogP contribution < -0.4 is 20.5 Å². The predicted octanol–water partition coefficient (Wildman–Crippen LogP) is 3.06. The molecule has 0 unspecified atom stereocenters. The largest absolute Gasteiger partial charge is 0.493 e. The Morgan fingerprint density at radius 3 is 2.54 bits per heavy atom. The lowest BCUT2D eigenvalue weighted by atomic mass is 10.1. The predicted molar refractivity (Wildman–Crippen MR) is 108 cm³/mol. The second-order valence-corrected chi connectivity index (χ2v) is 6.33. The lowest BCUT2D eigenvalue weighted by Crippen LogP contribution is -2.19. The van der Waals surface area contributed by atoms with Crippen LogP contribution >= 0.6 is 0 Å². The van der Waals surface area contributed by atoms with E-state index in [9.17, 15) is 9.59 Å². The van der Waals surface area contributed by atoms with Crippen molar-refractivity contribution in [1.29, 1.82) is 0 Å². The number of benzene rings is 2. The van der Waals surface area contributed by atoms with Gasteiger partial charge in [-0.2, -0.15) is 0 Å². The van der Waals surface area contributed by atoms with Crippen molar-refractivity contribution in [2.75, 3.05) is 19.5 Å². The molecular weight excluding hydrogens is 358 g/mol. The molecule has 1 heterocycles. The van der Waals surface area contributed by atoms with Crippen molar-refractivity contribution < 1.29 is 14.3 Å². The fourth-order valence-corrected chi connectivity index (χ4v) is 3.04. The summed E-state index contributed by atoms with van der Waals surface area (Å²) in [5.41, 5.74) is 2.70. The molecule has 0 saturated carbocycles. The van der Waals surface area contributed by atoms with Crippen molar-refractivity contribution in [3.63, 3.8) is 0 Å². The summed E-state index contributed by atoms with van der Waals surface area (Å²) < 4.78 is 12.1. The van der Waals surface area contributed by atoms with E-state index in [1.807, 2.05) is 37.3 Å². The van der Waals surface area contributed by atoms with Crippen LogP contribution in [0.4, 0.5) is 5.69 Å². The van der Waals surface area contributed by atoms with E-state index in [2.05, 4.69) is 10.3 Å². The zero-order valence-corrected chi connectivity index (χ0v) is 16.1. The smallest absolute Gasteiger partial charge is 0.330 e. The van der Waals surface area contributed by atoms with Crippen molar-refractivity contribution in [2.24, 2.45) is 0 Å². The van der Waals surface area contributed by atoms with Gasteiger partial charge in [-0.1, -0.05) is 18.2 Å². The first-order chi connectivity index (χ1) is 13.5.